The van der Waals surface area contributed by atoms with Crippen LogP contribution < -0.4 is 15.4 Å². The van der Waals surface area contributed by atoms with Gasteiger partial charge in [0, 0.05) is 20.8 Å². The van der Waals surface area contributed by atoms with Crippen molar-refractivity contribution in [2.75, 3.05) is 10.6 Å². The van der Waals surface area contributed by atoms with Crippen molar-refractivity contribution in [1.82, 2.24) is 0 Å². The zero-order chi connectivity index (χ0) is 21.1. The summed E-state index contributed by atoms with van der Waals surface area (Å²) >= 11 is 1.62. The first kappa shape index (κ1) is 19.8. The molecule has 4 nitrogen and oxygen atoms in total. The summed E-state index contributed by atoms with van der Waals surface area (Å²) in [5, 5.41) is 6.53. The fourth-order valence-corrected chi connectivity index (χ4v) is 4.05. The minimum atomic E-state index is -4.76. The van der Waals surface area contributed by atoms with E-state index in [1.54, 1.807) is 17.4 Å². The SMILES string of the molecule is O=C(Nc1ccc(OC(F)(F)F)cc1)Nc1ccccc1-c1cc2ccccc2s1. The fourth-order valence-electron chi connectivity index (χ4n) is 2.95. The summed E-state index contributed by atoms with van der Waals surface area (Å²) in [7, 11) is 0. The number of alkyl halides is 3. The van der Waals surface area contributed by atoms with Crippen molar-refractivity contribution in [3.8, 4) is 16.2 Å². The average molecular weight is 428 g/mol. The second-order valence-electron chi connectivity index (χ2n) is 6.35. The summed E-state index contributed by atoms with van der Waals surface area (Å²) in [5.41, 5.74) is 1.84. The third-order valence-electron chi connectivity index (χ3n) is 4.21. The molecule has 0 bridgehead atoms. The Labute approximate surface area is 173 Å². The van der Waals surface area contributed by atoms with Crippen LogP contribution in [0.5, 0.6) is 5.75 Å². The van der Waals surface area contributed by atoms with Crippen molar-refractivity contribution in [2.24, 2.45) is 0 Å². The van der Waals surface area contributed by atoms with Gasteiger partial charge in [-0.3, -0.25) is 0 Å². The van der Waals surface area contributed by atoms with Gasteiger partial charge in [-0.2, -0.15) is 0 Å². The molecule has 0 aliphatic rings. The minimum absolute atomic E-state index is 0.335. The predicted molar refractivity (Wildman–Crippen MR) is 113 cm³/mol. The summed E-state index contributed by atoms with van der Waals surface area (Å²) in [4.78, 5) is 13.4. The van der Waals surface area contributed by atoms with Gasteiger partial charge in [-0.25, -0.2) is 4.79 Å². The molecule has 0 aliphatic carbocycles. The van der Waals surface area contributed by atoms with E-state index in [9.17, 15) is 18.0 Å². The Bertz CT molecular complexity index is 1150. The first-order valence-electron chi connectivity index (χ1n) is 8.89. The molecule has 0 spiro atoms. The number of thiophene rings is 1. The van der Waals surface area contributed by atoms with Crippen LogP contribution >= 0.6 is 11.3 Å². The highest BCUT2D eigenvalue weighted by Gasteiger charge is 2.30. The lowest BCUT2D eigenvalue weighted by Crippen LogP contribution is -2.20. The average Bonchev–Trinajstić information content (AvgIpc) is 3.13. The molecule has 30 heavy (non-hydrogen) atoms. The predicted octanol–water partition coefficient (Wildman–Crippen LogP) is 7.11. The van der Waals surface area contributed by atoms with E-state index in [-0.39, 0.29) is 5.75 Å². The van der Waals surface area contributed by atoms with Crippen LogP contribution in [0.15, 0.2) is 78.9 Å². The monoisotopic (exact) mass is 428 g/mol. The maximum Gasteiger partial charge on any atom is 0.573 e. The van der Waals surface area contributed by atoms with Crippen LogP contribution in [0.1, 0.15) is 0 Å². The first-order chi connectivity index (χ1) is 14.4. The molecular formula is C22H15F3N2O2S. The van der Waals surface area contributed by atoms with Gasteiger partial charge < -0.3 is 15.4 Å². The zero-order valence-electron chi connectivity index (χ0n) is 15.4. The molecule has 1 aromatic heterocycles. The summed E-state index contributed by atoms with van der Waals surface area (Å²) in [6.45, 7) is 0. The van der Waals surface area contributed by atoms with Gasteiger partial charge in [0.25, 0.3) is 0 Å². The number of carbonyl (C=O) groups excluding carboxylic acids is 1. The van der Waals surface area contributed by atoms with Gasteiger partial charge >= 0.3 is 12.4 Å². The molecule has 0 unspecified atom stereocenters. The maximum atomic E-state index is 12.4. The Morgan fingerprint density at radius 2 is 1.57 bits per heavy atom. The molecule has 1 heterocycles. The van der Waals surface area contributed by atoms with E-state index < -0.39 is 12.4 Å². The van der Waals surface area contributed by atoms with Crippen molar-refractivity contribution in [2.45, 2.75) is 6.36 Å². The highest BCUT2D eigenvalue weighted by Crippen LogP contribution is 2.37. The summed E-state index contributed by atoms with van der Waals surface area (Å²) in [5.74, 6) is -0.358. The molecule has 0 saturated heterocycles. The molecule has 2 N–H and O–H groups in total. The van der Waals surface area contributed by atoms with Gasteiger partial charge in [-0.05, 0) is 47.9 Å². The van der Waals surface area contributed by atoms with E-state index in [1.807, 2.05) is 42.5 Å². The van der Waals surface area contributed by atoms with Crippen LogP contribution in [0.25, 0.3) is 20.5 Å². The van der Waals surface area contributed by atoms with E-state index in [4.69, 9.17) is 0 Å². The Balaban J connectivity index is 1.49. The Morgan fingerprint density at radius 3 is 2.30 bits per heavy atom. The standard InChI is InChI=1S/C22H15F3N2O2S/c23-22(24,25)29-16-11-9-15(10-12-16)26-21(28)27-18-7-3-2-6-17(18)20-13-14-5-1-4-8-19(14)30-20/h1-13H,(H2,26,27,28). The maximum absolute atomic E-state index is 12.4. The van der Waals surface area contributed by atoms with Gasteiger partial charge in [0.1, 0.15) is 5.75 Å². The normalized spacial score (nSPS) is 11.3. The molecule has 0 radical (unpaired) electrons. The number of ether oxygens (including phenoxy) is 1. The lowest BCUT2D eigenvalue weighted by atomic mass is 10.1. The Morgan fingerprint density at radius 1 is 0.867 bits per heavy atom. The van der Waals surface area contributed by atoms with Crippen molar-refractivity contribution >= 4 is 38.8 Å². The topological polar surface area (TPSA) is 50.4 Å². The number of amides is 2. The van der Waals surface area contributed by atoms with Crippen molar-refractivity contribution in [3.05, 3.63) is 78.9 Å². The highest BCUT2D eigenvalue weighted by molar-refractivity contribution is 7.22. The molecule has 0 fully saturated rings. The molecule has 0 atom stereocenters. The molecule has 3 aromatic carbocycles. The molecular weight excluding hydrogens is 413 g/mol. The Kier molecular flexibility index (Phi) is 5.33. The number of hydrogen-bond donors (Lipinski definition) is 2. The number of carbonyl (C=O) groups is 1. The molecule has 4 aromatic rings. The first-order valence-corrected chi connectivity index (χ1v) is 9.71. The number of benzene rings is 3. The van der Waals surface area contributed by atoms with Crippen LogP contribution in [-0.2, 0) is 0 Å². The van der Waals surface area contributed by atoms with Crippen LogP contribution in [0, 0.1) is 0 Å². The number of urea groups is 1. The van der Waals surface area contributed by atoms with E-state index in [0.29, 0.717) is 11.4 Å². The molecule has 4 rings (SSSR count). The molecule has 0 saturated carbocycles. The summed E-state index contributed by atoms with van der Waals surface area (Å²) < 4.78 is 41.7. The van der Waals surface area contributed by atoms with Gasteiger partial charge in [-0.1, -0.05) is 36.4 Å². The highest BCUT2D eigenvalue weighted by atomic mass is 32.1. The van der Waals surface area contributed by atoms with E-state index in [2.05, 4.69) is 21.4 Å². The summed E-state index contributed by atoms with van der Waals surface area (Å²) in [6.07, 6.45) is -4.76. The number of halogens is 3. The molecule has 8 heteroatoms. The van der Waals surface area contributed by atoms with Gasteiger partial charge in [0.15, 0.2) is 0 Å². The van der Waals surface area contributed by atoms with E-state index >= 15 is 0 Å². The molecule has 0 aliphatic heterocycles. The quantitative estimate of drug-likeness (QED) is 0.364. The smallest absolute Gasteiger partial charge is 0.406 e. The second-order valence-corrected chi connectivity index (χ2v) is 7.43. The zero-order valence-corrected chi connectivity index (χ0v) is 16.2. The molecule has 152 valence electrons. The van der Waals surface area contributed by atoms with Gasteiger partial charge in [0.2, 0.25) is 0 Å². The summed E-state index contributed by atoms with van der Waals surface area (Å²) in [6, 6.07) is 21.9. The molecule has 2 amide bonds. The number of anilines is 2. The van der Waals surface area contributed by atoms with E-state index in [1.165, 1.54) is 12.1 Å². The number of para-hydroxylation sites is 1. The lowest BCUT2D eigenvalue weighted by Gasteiger charge is -2.12. The minimum Gasteiger partial charge on any atom is -0.406 e. The lowest BCUT2D eigenvalue weighted by molar-refractivity contribution is -0.274. The van der Waals surface area contributed by atoms with Crippen LogP contribution in [0.3, 0.4) is 0 Å². The van der Waals surface area contributed by atoms with Crippen molar-refractivity contribution in [3.63, 3.8) is 0 Å². The van der Waals surface area contributed by atoms with Crippen LogP contribution in [-0.4, -0.2) is 12.4 Å². The van der Waals surface area contributed by atoms with Crippen LogP contribution in [0.4, 0.5) is 29.3 Å². The Hall–Kier alpha value is -3.52. The largest absolute Gasteiger partial charge is 0.573 e. The van der Waals surface area contributed by atoms with Crippen molar-refractivity contribution < 1.29 is 22.7 Å². The van der Waals surface area contributed by atoms with Gasteiger partial charge in [0.05, 0.1) is 5.69 Å². The fraction of sp³-hybridized carbons (Fsp3) is 0.0455. The number of fused-ring (bicyclic) bond motifs is 1. The number of hydrogen-bond acceptors (Lipinski definition) is 3. The van der Waals surface area contributed by atoms with Crippen LogP contribution in [0.2, 0.25) is 0 Å². The third kappa shape index (κ3) is 4.72. The van der Waals surface area contributed by atoms with Gasteiger partial charge in [-0.15, -0.1) is 24.5 Å². The van der Waals surface area contributed by atoms with Crippen molar-refractivity contribution in [1.29, 1.82) is 0 Å². The number of rotatable bonds is 4. The number of nitrogens with one attached hydrogen (secondary N) is 2. The third-order valence-corrected chi connectivity index (χ3v) is 5.36. The van der Waals surface area contributed by atoms with E-state index in [0.717, 1.165) is 32.7 Å². The second kappa shape index (κ2) is 8.08.